The lowest BCUT2D eigenvalue weighted by atomic mass is 9.77. The van der Waals surface area contributed by atoms with Crippen LogP contribution < -0.4 is 0 Å². The molecule has 3 rings (SSSR count). The van der Waals surface area contributed by atoms with Gasteiger partial charge in [-0.1, -0.05) is 19.1 Å². The van der Waals surface area contributed by atoms with E-state index in [-0.39, 0.29) is 17.2 Å². The second-order valence-corrected chi connectivity index (χ2v) is 6.40. The SMILES string of the molecule is CCC12C=C(/C=C/C(=O)N3CCC=CC3=O)C=C(C1)OCCOC2. The molecular weight excluding hydrogens is 306 g/mol. The standard InChI is InChI=1S/C19H23NO4/c1-2-19-12-15(11-16(13-19)24-10-9-23-14-19)6-7-18(22)20-8-4-3-5-17(20)21/h3,5-7,11-12H,2,4,8-10,13-14H2,1H3/b7-6+. The van der Waals surface area contributed by atoms with Crippen LogP contribution in [0.2, 0.25) is 0 Å². The van der Waals surface area contributed by atoms with E-state index >= 15 is 0 Å². The number of carbonyl (C=O) groups is 2. The van der Waals surface area contributed by atoms with E-state index in [1.54, 1.807) is 12.2 Å². The van der Waals surface area contributed by atoms with Gasteiger partial charge in [0.25, 0.3) is 11.8 Å². The second-order valence-electron chi connectivity index (χ2n) is 6.40. The molecule has 1 unspecified atom stereocenters. The van der Waals surface area contributed by atoms with Crippen LogP contribution in [0.25, 0.3) is 0 Å². The summed E-state index contributed by atoms with van der Waals surface area (Å²) in [6.07, 6.45) is 13.1. The van der Waals surface area contributed by atoms with E-state index in [1.807, 2.05) is 6.08 Å². The third-order valence-corrected chi connectivity index (χ3v) is 4.67. The van der Waals surface area contributed by atoms with Crippen molar-refractivity contribution in [3.63, 3.8) is 0 Å². The van der Waals surface area contributed by atoms with E-state index in [9.17, 15) is 9.59 Å². The molecule has 0 N–H and O–H groups in total. The van der Waals surface area contributed by atoms with Crippen LogP contribution in [0.5, 0.6) is 0 Å². The molecule has 3 aliphatic rings. The first-order valence-corrected chi connectivity index (χ1v) is 8.46. The van der Waals surface area contributed by atoms with Gasteiger partial charge in [0.15, 0.2) is 0 Å². The van der Waals surface area contributed by atoms with Crippen molar-refractivity contribution < 1.29 is 19.1 Å². The fraction of sp³-hybridized carbons (Fsp3) is 0.474. The van der Waals surface area contributed by atoms with Gasteiger partial charge in [0.05, 0.1) is 19.0 Å². The highest BCUT2D eigenvalue weighted by Crippen LogP contribution is 2.39. The molecule has 1 aliphatic carbocycles. The predicted octanol–water partition coefficient (Wildman–Crippen LogP) is 2.51. The monoisotopic (exact) mass is 329 g/mol. The number of nitrogens with zero attached hydrogens (tertiary/aromatic N) is 1. The highest BCUT2D eigenvalue weighted by molar-refractivity contribution is 6.05. The number of imide groups is 1. The van der Waals surface area contributed by atoms with E-state index in [1.165, 1.54) is 17.1 Å². The minimum Gasteiger partial charge on any atom is -0.495 e. The second kappa shape index (κ2) is 7.18. The summed E-state index contributed by atoms with van der Waals surface area (Å²) in [4.78, 5) is 25.3. The highest BCUT2D eigenvalue weighted by atomic mass is 16.5. The van der Waals surface area contributed by atoms with Crippen molar-refractivity contribution in [2.75, 3.05) is 26.4 Å². The molecule has 1 saturated heterocycles. The summed E-state index contributed by atoms with van der Waals surface area (Å²) >= 11 is 0. The number of hydrogen-bond donors (Lipinski definition) is 0. The van der Waals surface area contributed by atoms with Gasteiger partial charge in [0.2, 0.25) is 0 Å². The molecule has 0 spiro atoms. The Morgan fingerprint density at radius 1 is 1.42 bits per heavy atom. The van der Waals surface area contributed by atoms with Gasteiger partial charge in [-0.2, -0.15) is 0 Å². The van der Waals surface area contributed by atoms with E-state index in [0.29, 0.717) is 32.8 Å². The molecule has 1 atom stereocenters. The number of fused-ring (bicyclic) bond motifs is 2. The fourth-order valence-corrected chi connectivity index (χ4v) is 3.21. The number of carbonyl (C=O) groups excluding carboxylic acids is 2. The molecule has 128 valence electrons. The molecule has 24 heavy (non-hydrogen) atoms. The Labute approximate surface area is 142 Å². The maximum atomic E-state index is 12.3. The maximum Gasteiger partial charge on any atom is 0.253 e. The number of allylic oxidation sites excluding steroid dienone is 4. The molecule has 0 aromatic heterocycles. The van der Waals surface area contributed by atoms with E-state index in [2.05, 4.69) is 13.0 Å². The van der Waals surface area contributed by atoms with Crippen molar-refractivity contribution in [3.05, 3.63) is 47.8 Å². The molecule has 0 saturated carbocycles. The Kier molecular flexibility index (Phi) is 5.00. The normalized spacial score (nSPS) is 27.2. The summed E-state index contributed by atoms with van der Waals surface area (Å²) in [6.45, 7) is 4.38. The third kappa shape index (κ3) is 3.67. The average Bonchev–Trinajstić information content (AvgIpc) is 2.58. The Balaban J connectivity index is 1.77. The summed E-state index contributed by atoms with van der Waals surface area (Å²) in [5.74, 6) is 0.405. The van der Waals surface area contributed by atoms with Crippen LogP contribution in [-0.4, -0.2) is 43.1 Å². The predicted molar refractivity (Wildman–Crippen MR) is 89.9 cm³/mol. The van der Waals surface area contributed by atoms with Crippen LogP contribution in [0.1, 0.15) is 26.2 Å². The molecule has 2 aliphatic heterocycles. The Hall–Kier alpha value is -2.14. The molecule has 5 nitrogen and oxygen atoms in total. The zero-order chi connectivity index (χ0) is 17.0. The van der Waals surface area contributed by atoms with Gasteiger partial charge in [-0.3, -0.25) is 14.5 Å². The van der Waals surface area contributed by atoms with E-state index < -0.39 is 0 Å². The van der Waals surface area contributed by atoms with Gasteiger partial charge in [-0.05, 0) is 36.6 Å². The average molecular weight is 329 g/mol. The van der Waals surface area contributed by atoms with Gasteiger partial charge in [0, 0.05) is 24.5 Å². The number of amides is 2. The first-order chi connectivity index (χ1) is 11.6. The zero-order valence-corrected chi connectivity index (χ0v) is 14.0. The number of ether oxygens (including phenoxy) is 2. The highest BCUT2D eigenvalue weighted by Gasteiger charge is 2.32. The topological polar surface area (TPSA) is 55.8 Å². The van der Waals surface area contributed by atoms with Crippen molar-refractivity contribution in [2.45, 2.75) is 26.2 Å². The van der Waals surface area contributed by atoms with Crippen LogP contribution in [0.3, 0.4) is 0 Å². The van der Waals surface area contributed by atoms with Crippen LogP contribution in [-0.2, 0) is 19.1 Å². The van der Waals surface area contributed by atoms with E-state index in [4.69, 9.17) is 9.47 Å². The van der Waals surface area contributed by atoms with Crippen LogP contribution in [0, 0.1) is 5.41 Å². The summed E-state index contributed by atoms with van der Waals surface area (Å²) in [7, 11) is 0. The van der Waals surface area contributed by atoms with Crippen LogP contribution in [0.15, 0.2) is 47.8 Å². The van der Waals surface area contributed by atoms with Crippen molar-refractivity contribution in [3.8, 4) is 0 Å². The smallest absolute Gasteiger partial charge is 0.253 e. The molecule has 0 aromatic carbocycles. The van der Waals surface area contributed by atoms with Crippen molar-refractivity contribution in [1.82, 2.24) is 4.90 Å². The quantitative estimate of drug-likeness (QED) is 0.747. The lowest BCUT2D eigenvalue weighted by Gasteiger charge is -2.35. The lowest BCUT2D eigenvalue weighted by molar-refractivity contribution is -0.139. The number of rotatable bonds is 3. The summed E-state index contributed by atoms with van der Waals surface area (Å²) in [5.41, 5.74) is 0.841. The van der Waals surface area contributed by atoms with Crippen LogP contribution in [0.4, 0.5) is 0 Å². The first-order valence-electron chi connectivity index (χ1n) is 8.46. The zero-order valence-electron chi connectivity index (χ0n) is 14.0. The molecular formula is C19H23NO4. The molecule has 0 radical (unpaired) electrons. The molecule has 5 heteroatoms. The van der Waals surface area contributed by atoms with Gasteiger partial charge < -0.3 is 9.47 Å². The maximum absolute atomic E-state index is 12.3. The molecule has 2 heterocycles. The van der Waals surface area contributed by atoms with Gasteiger partial charge >= 0.3 is 0 Å². The Morgan fingerprint density at radius 2 is 2.29 bits per heavy atom. The minimum absolute atomic E-state index is 0.0864. The summed E-state index contributed by atoms with van der Waals surface area (Å²) in [5, 5.41) is 0. The fourth-order valence-electron chi connectivity index (χ4n) is 3.21. The van der Waals surface area contributed by atoms with Crippen LogP contribution >= 0.6 is 0 Å². The summed E-state index contributed by atoms with van der Waals surface area (Å²) in [6, 6.07) is 0. The van der Waals surface area contributed by atoms with Gasteiger partial charge in [-0.25, -0.2) is 0 Å². The lowest BCUT2D eigenvalue weighted by Crippen LogP contribution is -2.37. The minimum atomic E-state index is -0.280. The third-order valence-electron chi connectivity index (χ3n) is 4.67. The Bertz CT molecular complexity index is 644. The van der Waals surface area contributed by atoms with Crippen molar-refractivity contribution in [1.29, 1.82) is 0 Å². The molecule has 0 aromatic rings. The number of hydrogen-bond acceptors (Lipinski definition) is 4. The molecule has 1 fully saturated rings. The van der Waals surface area contributed by atoms with Gasteiger partial charge in [0.1, 0.15) is 6.61 Å². The Morgan fingerprint density at radius 3 is 3.08 bits per heavy atom. The van der Waals surface area contributed by atoms with E-state index in [0.717, 1.165) is 24.2 Å². The van der Waals surface area contributed by atoms with Gasteiger partial charge in [-0.15, -0.1) is 0 Å². The van der Waals surface area contributed by atoms with Crippen molar-refractivity contribution in [2.24, 2.45) is 5.41 Å². The largest absolute Gasteiger partial charge is 0.495 e. The molecule has 2 amide bonds. The summed E-state index contributed by atoms with van der Waals surface area (Å²) < 4.78 is 11.4. The molecule has 2 bridgehead atoms. The van der Waals surface area contributed by atoms with Crippen molar-refractivity contribution >= 4 is 11.8 Å². The first kappa shape index (κ1) is 16.7.